The van der Waals surface area contributed by atoms with Crippen molar-refractivity contribution in [2.24, 2.45) is 0 Å². The van der Waals surface area contributed by atoms with E-state index in [-0.39, 0.29) is 14.7 Å². The molecule has 2 aromatic heterocycles. The van der Waals surface area contributed by atoms with Gasteiger partial charge in [0.2, 0.25) is 5.78 Å². The third kappa shape index (κ3) is 4.93. The number of methoxy groups -OCH3 is 1. The first-order valence-electron chi connectivity index (χ1n) is 11.8. The second kappa shape index (κ2) is 10.1. The Hall–Kier alpha value is -4.03. The molecular formula is C29H32N4O2. The molecule has 0 spiro atoms. The topological polar surface area (TPSA) is 67.3 Å². The zero-order chi connectivity index (χ0) is 24.2. The fraction of sp³-hybridized carbons (Fsp3) is 0.207. The van der Waals surface area contributed by atoms with Crippen LogP contribution in [0.4, 0.5) is 5.82 Å². The summed E-state index contributed by atoms with van der Waals surface area (Å²) in [6.45, 7) is 4.33. The number of hydrogen-bond acceptors (Lipinski definition) is 6. The Bertz CT molecular complexity index is 1350. The Labute approximate surface area is 208 Å². The van der Waals surface area contributed by atoms with Crippen LogP contribution < -0.4 is 15.0 Å². The molecule has 6 nitrogen and oxygen atoms in total. The van der Waals surface area contributed by atoms with Crippen LogP contribution in [-0.2, 0) is 0 Å². The summed E-state index contributed by atoms with van der Waals surface area (Å²) >= 11 is 0. The van der Waals surface area contributed by atoms with Crippen LogP contribution in [0.3, 0.4) is 0 Å². The summed E-state index contributed by atoms with van der Waals surface area (Å²) in [5.41, 5.74) is 4.71. The highest BCUT2D eigenvalue weighted by atomic mass is 16.5. The van der Waals surface area contributed by atoms with Crippen LogP contribution in [0.25, 0.3) is 11.1 Å². The molecule has 1 N–H and O–H groups in total. The van der Waals surface area contributed by atoms with Crippen LogP contribution in [0.2, 0.25) is 0 Å². The predicted octanol–water partition coefficient (Wildman–Crippen LogP) is 5.33. The van der Waals surface area contributed by atoms with Crippen molar-refractivity contribution in [3.8, 4) is 16.9 Å². The second-order valence-corrected chi connectivity index (χ2v) is 8.66. The summed E-state index contributed by atoms with van der Waals surface area (Å²) in [6, 6.07) is 25.9. The average molecular weight is 469 g/mol. The van der Waals surface area contributed by atoms with Gasteiger partial charge in [-0.1, -0.05) is 48.5 Å². The Morgan fingerprint density at radius 3 is 2.69 bits per heavy atom. The molecule has 0 saturated carbocycles. The molecule has 2 aromatic carbocycles. The molecule has 0 radical (unpaired) electrons. The zero-order valence-electron chi connectivity index (χ0n) is 19.9. The third-order valence-corrected chi connectivity index (χ3v) is 6.40. The second-order valence-electron chi connectivity index (χ2n) is 8.66. The molecule has 1 aliphatic heterocycles. The van der Waals surface area contributed by atoms with E-state index in [0.29, 0.717) is 17.0 Å². The summed E-state index contributed by atoms with van der Waals surface area (Å²) in [6.07, 6.45) is 1.79. The highest BCUT2D eigenvalue weighted by molar-refractivity contribution is 6.09. The number of ether oxygens (including phenoxy) is 1. The number of nitrogens with zero attached hydrogens (tertiary/aromatic N) is 3. The van der Waals surface area contributed by atoms with Crippen molar-refractivity contribution in [1.29, 1.82) is 0 Å². The van der Waals surface area contributed by atoms with Crippen molar-refractivity contribution in [1.82, 2.24) is 15.3 Å². The number of piperazine rings is 1. The monoisotopic (exact) mass is 468 g/mol. The van der Waals surface area contributed by atoms with Crippen molar-refractivity contribution in [3.05, 3.63) is 108 Å². The molecule has 35 heavy (non-hydrogen) atoms. The number of rotatable bonds is 6. The van der Waals surface area contributed by atoms with Gasteiger partial charge >= 0.3 is 0 Å². The zero-order valence-corrected chi connectivity index (χ0v) is 19.9. The van der Waals surface area contributed by atoms with Gasteiger partial charge in [0.25, 0.3) is 0 Å². The normalized spacial score (nSPS) is 15.6. The molecule has 1 aliphatic rings. The lowest BCUT2D eigenvalue weighted by molar-refractivity contribution is 0.103. The van der Waals surface area contributed by atoms with Crippen molar-refractivity contribution < 1.29 is 12.4 Å². The Balaban J connectivity index is 0.00000190. The highest BCUT2D eigenvalue weighted by Gasteiger charge is 2.23. The van der Waals surface area contributed by atoms with E-state index in [1.54, 1.807) is 19.4 Å². The maximum Gasteiger partial charge on any atom is 0.213 e. The van der Waals surface area contributed by atoms with Gasteiger partial charge < -0.3 is 15.0 Å². The summed E-state index contributed by atoms with van der Waals surface area (Å²) in [5.74, 6) is 1.44. The van der Waals surface area contributed by atoms with E-state index in [9.17, 15) is 4.79 Å². The van der Waals surface area contributed by atoms with E-state index in [1.165, 1.54) is 5.56 Å². The largest absolute Gasteiger partial charge is 0.497 e. The fourth-order valence-electron chi connectivity index (χ4n) is 4.45. The Kier molecular flexibility index (Phi) is 6.55. The van der Waals surface area contributed by atoms with Crippen molar-refractivity contribution in [3.63, 3.8) is 0 Å². The third-order valence-electron chi connectivity index (χ3n) is 6.40. The van der Waals surface area contributed by atoms with E-state index < -0.39 is 0 Å². The highest BCUT2D eigenvalue weighted by Crippen LogP contribution is 2.26. The van der Waals surface area contributed by atoms with E-state index in [0.717, 1.165) is 42.3 Å². The van der Waals surface area contributed by atoms with E-state index in [2.05, 4.69) is 39.5 Å². The van der Waals surface area contributed by atoms with Gasteiger partial charge in [0.05, 0.1) is 7.11 Å². The standard InChI is InChI=1S/C29H28N4O2.2H2/c1-20-25(17-23(18-31-20)22-10-6-11-24(16-22)35-2)29(34)26-12-7-13-28(32-26)33-15-14-30-27(19-33)21-8-4-3-5-9-21;;/h3-13,16-18,27,30H,14-15,19H2,1-2H3;2*1H. The fourth-order valence-corrected chi connectivity index (χ4v) is 4.45. The maximum absolute atomic E-state index is 13.5. The van der Waals surface area contributed by atoms with Crippen LogP contribution in [0, 0.1) is 6.92 Å². The molecular weight excluding hydrogens is 436 g/mol. The van der Waals surface area contributed by atoms with Gasteiger partial charge in [-0.05, 0) is 48.4 Å². The lowest BCUT2D eigenvalue weighted by atomic mass is 10.0. The summed E-state index contributed by atoms with van der Waals surface area (Å²) in [4.78, 5) is 25.1. The molecule has 4 aromatic rings. The quantitative estimate of drug-likeness (QED) is 0.386. The SMILES string of the molecule is COc1cccc(-c2cnc(C)c(C(=O)c3cccc(N4CCNC(c5ccccc5)C4)n3)c2)c1.[HH].[HH]. The summed E-state index contributed by atoms with van der Waals surface area (Å²) < 4.78 is 5.35. The van der Waals surface area contributed by atoms with Crippen LogP contribution in [0.15, 0.2) is 85.1 Å². The number of benzene rings is 2. The number of pyridine rings is 2. The molecule has 1 fully saturated rings. The molecule has 5 rings (SSSR count). The van der Waals surface area contributed by atoms with E-state index in [4.69, 9.17) is 9.72 Å². The molecule has 1 saturated heterocycles. The van der Waals surface area contributed by atoms with E-state index in [1.807, 2.05) is 55.5 Å². The van der Waals surface area contributed by atoms with Crippen LogP contribution >= 0.6 is 0 Å². The van der Waals surface area contributed by atoms with Gasteiger partial charge in [-0.15, -0.1) is 0 Å². The van der Waals surface area contributed by atoms with Gasteiger partial charge in [-0.25, -0.2) is 4.98 Å². The number of aryl methyl sites for hydroxylation is 1. The van der Waals surface area contributed by atoms with Crippen molar-refractivity contribution >= 4 is 11.6 Å². The average Bonchev–Trinajstić information content (AvgIpc) is 2.93. The van der Waals surface area contributed by atoms with Crippen LogP contribution in [0.5, 0.6) is 5.75 Å². The lowest BCUT2D eigenvalue weighted by Crippen LogP contribution is -2.46. The molecule has 0 amide bonds. The summed E-state index contributed by atoms with van der Waals surface area (Å²) in [5, 5.41) is 3.58. The number of aromatic nitrogens is 2. The van der Waals surface area contributed by atoms with Crippen LogP contribution in [-0.4, -0.2) is 42.5 Å². The molecule has 180 valence electrons. The number of carbonyl (C=O) groups excluding carboxylic acids is 1. The molecule has 0 bridgehead atoms. The van der Waals surface area contributed by atoms with Gasteiger partial charge in [-0.3, -0.25) is 9.78 Å². The molecule has 1 unspecified atom stereocenters. The molecule has 0 aliphatic carbocycles. The van der Waals surface area contributed by atoms with E-state index >= 15 is 0 Å². The molecule has 6 heteroatoms. The number of anilines is 1. The van der Waals surface area contributed by atoms with Crippen LogP contribution in [0.1, 0.15) is 36.2 Å². The number of carbonyl (C=O) groups is 1. The predicted molar refractivity (Wildman–Crippen MR) is 142 cm³/mol. The molecule has 1 atom stereocenters. The number of nitrogens with one attached hydrogen (secondary N) is 1. The number of ketones is 1. The first kappa shape index (κ1) is 22.7. The van der Waals surface area contributed by atoms with Gasteiger partial charge in [0.15, 0.2) is 0 Å². The van der Waals surface area contributed by atoms with Crippen molar-refractivity contribution in [2.75, 3.05) is 31.6 Å². The van der Waals surface area contributed by atoms with Gasteiger partial charge in [0.1, 0.15) is 17.3 Å². The smallest absolute Gasteiger partial charge is 0.213 e. The maximum atomic E-state index is 13.5. The minimum absolute atomic E-state index is 0. The minimum atomic E-state index is -0.128. The molecule has 3 heterocycles. The van der Waals surface area contributed by atoms with Gasteiger partial charge in [-0.2, -0.15) is 0 Å². The van der Waals surface area contributed by atoms with Crippen molar-refractivity contribution in [2.45, 2.75) is 13.0 Å². The summed E-state index contributed by atoms with van der Waals surface area (Å²) in [7, 11) is 1.64. The minimum Gasteiger partial charge on any atom is -0.497 e. The van der Waals surface area contributed by atoms with Gasteiger partial charge in [0, 0.05) is 51.5 Å². The first-order valence-corrected chi connectivity index (χ1v) is 11.8. The number of hydrogen-bond donors (Lipinski definition) is 1. The lowest BCUT2D eigenvalue weighted by Gasteiger charge is -2.35. The Morgan fingerprint density at radius 1 is 1.03 bits per heavy atom. The first-order chi connectivity index (χ1) is 17.1. The Morgan fingerprint density at radius 2 is 1.86 bits per heavy atom.